The van der Waals surface area contributed by atoms with Gasteiger partial charge in [-0.3, -0.25) is 4.79 Å². The summed E-state index contributed by atoms with van der Waals surface area (Å²) in [5.41, 5.74) is 0.252. The minimum Gasteiger partial charge on any atom is -0.445 e. The second-order valence-corrected chi connectivity index (χ2v) is 8.08. The number of carbonyl (C=O) groups excluding carboxylic acids is 2. The minimum atomic E-state index is -0.671. The van der Waals surface area contributed by atoms with Crippen molar-refractivity contribution in [2.45, 2.75) is 32.4 Å². The van der Waals surface area contributed by atoms with E-state index in [9.17, 15) is 9.59 Å². The van der Waals surface area contributed by atoms with Gasteiger partial charge in [-0.05, 0) is 19.4 Å². The van der Waals surface area contributed by atoms with Crippen molar-refractivity contribution >= 4 is 12.0 Å². The molecule has 140 valence electrons. The normalized spacial score (nSPS) is 11.8. The summed E-state index contributed by atoms with van der Waals surface area (Å²) in [7, 11) is 8.06. The standard InChI is InChI=1S/C19H31N3O3/c1-19(2,14-17(23)21(3)12-13-22(4,5)6)20-18(24)25-15-16-10-8-7-9-11-16/h7-11H,12-15H2,1-6H3/p+1. The van der Waals surface area contributed by atoms with E-state index < -0.39 is 11.6 Å². The van der Waals surface area contributed by atoms with E-state index in [1.807, 2.05) is 44.2 Å². The molecular formula is C19H32N3O3+. The van der Waals surface area contributed by atoms with Gasteiger partial charge in [0.2, 0.25) is 5.91 Å². The lowest BCUT2D eigenvalue weighted by molar-refractivity contribution is -0.869. The number of ether oxygens (including phenoxy) is 1. The zero-order valence-electron chi connectivity index (χ0n) is 16.3. The zero-order chi connectivity index (χ0) is 19.1. The number of nitrogens with zero attached hydrogens (tertiary/aromatic N) is 2. The number of nitrogens with one attached hydrogen (secondary N) is 1. The summed E-state index contributed by atoms with van der Waals surface area (Å²) in [4.78, 5) is 26.1. The van der Waals surface area contributed by atoms with Crippen molar-refractivity contribution in [3.05, 3.63) is 35.9 Å². The maximum absolute atomic E-state index is 12.4. The van der Waals surface area contributed by atoms with Crippen LogP contribution in [0.2, 0.25) is 0 Å². The van der Waals surface area contributed by atoms with Crippen molar-refractivity contribution in [1.82, 2.24) is 10.2 Å². The first-order valence-electron chi connectivity index (χ1n) is 8.52. The molecule has 0 heterocycles. The summed E-state index contributed by atoms with van der Waals surface area (Å²) in [5.74, 6) is 0.00168. The van der Waals surface area contributed by atoms with Gasteiger partial charge in [-0.1, -0.05) is 30.3 Å². The van der Waals surface area contributed by atoms with Gasteiger partial charge >= 0.3 is 6.09 Å². The summed E-state index contributed by atoms with van der Waals surface area (Å²) in [6.45, 7) is 5.40. The molecule has 0 saturated heterocycles. The molecule has 0 aliphatic rings. The molecule has 1 aromatic carbocycles. The fourth-order valence-electron chi connectivity index (χ4n) is 2.17. The summed E-state index contributed by atoms with van der Waals surface area (Å²) in [6.07, 6.45) is -0.295. The first-order valence-corrected chi connectivity index (χ1v) is 8.52. The Hall–Kier alpha value is -2.08. The first kappa shape index (κ1) is 21.0. The third kappa shape index (κ3) is 9.10. The first-order chi connectivity index (χ1) is 11.5. The van der Waals surface area contributed by atoms with Gasteiger partial charge in [0.05, 0.1) is 34.2 Å². The number of benzene rings is 1. The molecule has 25 heavy (non-hydrogen) atoms. The predicted octanol–water partition coefficient (Wildman–Crippen LogP) is 2.25. The number of alkyl carbamates (subject to hydrolysis) is 1. The van der Waals surface area contributed by atoms with E-state index in [2.05, 4.69) is 26.5 Å². The second-order valence-electron chi connectivity index (χ2n) is 8.08. The highest BCUT2D eigenvalue weighted by Gasteiger charge is 2.27. The van der Waals surface area contributed by atoms with Crippen LogP contribution in [0.1, 0.15) is 25.8 Å². The van der Waals surface area contributed by atoms with E-state index in [0.29, 0.717) is 6.54 Å². The SMILES string of the molecule is CN(CC[N+](C)(C)C)C(=O)CC(C)(C)NC(=O)OCc1ccccc1. The topological polar surface area (TPSA) is 58.6 Å². The van der Waals surface area contributed by atoms with Crippen LogP contribution in [0.5, 0.6) is 0 Å². The molecule has 1 rings (SSSR count). The molecule has 0 fully saturated rings. The van der Waals surface area contributed by atoms with E-state index >= 15 is 0 Å². The monoisotopic (exact) mass is 350 g/mol. The maximum atomic E-state index is 12.4. The fraction of sp³-hybridized carbons (Fsp3) is 0.579. The van der Waals surface area contributed by atoms with Crippen LogP contribution in [-0.4, -0.2) is 68.2 Å². The summed E-state index contributed by atoms with van der Waals surface area (Å²) in [6, 6.07) is 9.49. The Morgan fingerprint density at radius 1 is 1.16 bits per heavy atom. The number of rotatable bonds is 8. The number of carbonyl (C=O) groups is 2. The smallest absolute Gasteiger partial charge is 0.407 e. The molecule has 2 amide bonds. The molecule has 0 spiro atoms. The van der Waals surface area contributed by atoms with Gasteiger partial charge in [-0.2, -0.15) is 0 Å². The van der Waals surface area contributed by atoms with Crippen molar-refractivity contribution in [2.75, 3.05) is 41.3 Å². The van der Waals surface area contributed by atoms with Crippen LogP contribution >= 0.6 is 0 Å². The van der Waals surface area contributed by atoms with E-state index in [0.717, 1.165) is 16.6 Å². The molecule has 0 aliphatic carbocycles. The molecule has 6 nitrogen and oxygen atoms in total. The average Bonchev–Trinajstić information content (AvgIpc) is 2.50. The number of hydrogen-bond donors (Lipinski definition) is 1. The van der Waals surface area contributed by atoms with E-state index in [-0.39, 0.29) is 18.9 Å². The fourth-order valence-corrected chi connectivity index (χ4v) is 2.17. The van der Waals surface area contributed by atoms with Crippen LogP contribution in [0, 0.1) is 0 Å². The van der Waals surface area contributed by atoms with Gasteiger partial charge < -0.3 is 19.4 Å². The van der Waals surface area contributed by atoms with Crippen molar-refractivity contribution in [3.8, 4) is 0 Å². The molecule has 0 unspecified atom stereocenters. The lowest BCUT2D eigenvalue weighted by Crippen LogP contribution is -2.48. The summed E-state index contributed by atoms with van der Waals surface area (Å²) >= 11 is 0. The lowest BCUT2D eigenvalue weighted by Gasteiger charge is -2.30. The number of amides is 2. The second kappa shape index (κ2) is 8.85. The van der Waals surface area contributed by atoms with E-state index in [1.165, 1.54) is 0 Å². The summed E-state index contributed by atoms with van der Waals surface area (Å²) < 4.78 is 6.02. The largest absolute Gasteiger partial charge is 0.445 e. The van der Waals surface area contributed by atoms with Crippen LogP contribution in [0.15, 0.2) is 30.3 Å². The number of quaternary nitrogens is 1. The van der Waals surface area contributed by atoms with Crippen molar-refractivity contribution < 1.29 is 18.8 Å². The van der Waals surface area contributed by atoms with Crippen molar-refractivity contribution in [1.29, 1.82) is 0 Å². The Kier molecular flexibility index (Phi) is 7.42. The maximum Gasteiger partial charge on any atom is 0.407 e. The molecule has 6 heteroatoms. The molecule has 0 saturated carbocycles. The highest BCUT2D eigenvalue weighted by molar-refractivity contribution is 5.78. The van der Waals surface area contributed by atoms with Crippen LogP contribution in [0.4, 0.5) is 4.79 Å². The highest BCUT2D eigenvalue weighted by Crippen LogP contribution is 2.11. The Bertz CT molecular complexity index is 565. The Morgan fingerprint density at radius 3 is 2.32 bits per heavy atom. The lowest BCUT2D eigenvalue weighted by atomic mass is 10.00. The minimum absolute atomic E-state index is 0.00168. The van der Waals surface area contributed by atoms with Gasteiger partial charge in [0.15, 0.2) is 0 Å². The van der Waals surface area contributed by atoms with Crippen LogP contribution in [0.25, 0.3) is 0 Å². The number of likely N-dealkylation sites (N-methyl/N-ethyl adjacent to an activating group) is 2. The van der Waals surface area contributed by atoms with Gasteiger partial charge in [0, 0.05) is 19.0 Å². The van der Waals surface area contributed by atoms with Gasteiger partial charge in [0.1, 0.15) is 6.61 Å². The highest BCUT2D eigenvalue weighted by atomic mass is 16.5. The Balaban J connectivity index is 2.43. The molecular weight excluding hydrogens is 318 g/mol. The molecule has 0 radical (unpaired) electrons. The summed E-state index contributed by atoms with van der Waals surface area (Å²) in [5, 5.41) is 2.77. The van der Waals surface area contributed by atoms with Crippen LogP contribution in [0.3, 0.4) is 0 Å². The van der Waals surface area contributed by atoms with Crippen molar-refractivity contribution in [2.24, 2.45) is 0 Å². The molecule has 0 aromatic heterocycles. The molecule has 0 aliphatic heterocycles. The molecule has 1 N–H and O–H groups in total. The Morgan fingerprint density at radius 2 is 1.76 bits per heavy atom. The molecule has 0 atom stereocenters. The van der Waals surface area contributed by atoms with Gasteiger partial charge in [-0.15, -0.1) is 0 Å². The third-order valence-electron chi connectivity index (χ3n) is 3.78. The average molecular weight is 350 g/mol. The molecule has 0 bridgehead atoms. The van der Waals surface area contributed by atoms with Crippen molar-refractivity contribution in [3.63, 3.8) is 0 Å². The van der Waals surface area contributed by atoms with Gasteiger partial charge in [-0.25, -0.2) is 4.79 Å². The predicted molar refractivity (Wildman–Crippen MR) is 99.0 cm³/mol. The zero-order valence-corrected chi connectivity index (χ0v) is 16.3. The Labute approximate surface area is 151 Å². The quantitative estimate of drug-likeness (QED) is 0.732. The van der Waals surface area contributed by atoms with E-state index in [4.69, 9.17) is 4.74 Å². The van der Waals surface area contributed by atoms with Crippen LogP contribution in [-0.2, 0) is 16.1 Å². The van der Waals surface area contributed by atoms with E-state index in [1.54, 1.807) is 11.9 Å². The van der Waals surface area contributed by atoms with Gasteiger partial charge in [0.25, 0.3) is 0 Å². The van der Waals surface area contributed by atoms with Crippen LogP contribution < -0.4 is 5.32 Å². The third-order valence-corrected chi connectivity index (χ3v) is 3.78. The molecule has 1 aromatic rings. The number of hydrogen-bond acceptors (Lipinski definition) is 3.